The number of fused-ring (bicyclic) bond motifs is 1. The summed E-state index contributed by atoms with van der Waals surface area (Å²) in [7, 11) is 0. The van der Waals surface area contributed by atoms with Crippen molar-refractivity contribution in [2.45, 2.75) is 38.8 Å². The fourth-order valence-corrected chi connectivity index (χ4v) is 4.24. The zero-order valence-electron chi connectivity index (χ0n) is 14.4. The Balaban J connectivity index is 1.76. The Hall–Kier alpha value is -2.07. The quantitative estimate of drug-likeness (QED) is 0.870. The van der Waals surface area contributed by atoms with Crippen LogP contribution in [0, 0.1) is 11.8 Å². The summed E-state index contributed by atoms with van der Waals surface area (Å²) in [6.45, 7) is 3.91. The summed E-state index contributed by atoms with van der Waals surface area (Å²) >= 11 is 5.96. The number of halogens is 1. The van der Waals surface area contributed by atoms with Gasteiger partial charge in [-0.15, -0.1) is 0 Å². The maximum atomic E-state index is 12.4. The highest BCUT2D eigenvalue weighted by Crippen LogP contribution is 2.49. The summed E-state index contributed by atoms with van der Waals surface area (Å²) in [4.78, 5) is 18.8. The first-order valence-corrected chi connectivity index (χ1v) is 9.21. The zero-order valence-corrected chi connectivity index (χ0v) is 15.2. The third kappa shape index (κ3) is 2.99. The number of para-hydroxylation sites is 1. The van der Waals surface area contributed by atoms with Crippen molar-refractivity contribution in [3.63, 3.8) is 0 Å². The number of hydrogen-bond donors (Lipinski definition) is 1. The molecule has 3 unspecified atom stereocenters. The number of rotatable bonds is 3. The third-order valence-corrected chi connectivity index (χ3v) is 5.59. The zero-order chi connectivity index (χ0) is 17.6. The largest absolute Gasteiger partial charge is 0.363 e. The maximum Gasteiger partial charge on any atom is 0.224 e. The minimum absolute atomic E-state index is 0.117. The highest BCUT2D eigenvalue weighted by Gasteiger charge is 2.47. The van der Waals surface area contributed by atoms with E-state index in [0.29, 0.717) is 16.9 Å². The predicted molar refractivity (Wildman–Crippen MR) is 101 cm³/mol. The van der Waals surface area contributed by atoms with Crippen LogP contribution in [0.3, 0.4) is 0 Å². The Bertz CT molecular complexity index is 788. The first kappa shape index (κ1) is 16.4. The Morgan fingerprint density at radius 1 is 1.24 bits per heavy atom. The Labute approximate surface area is 153 Å². The lowest BCUT2D eigenvalue weighted by atomic mass is 9.80. The van der Waals surface area contributed by atoms with E-state index in [-0.39, 0.29) is 18.0 Å². The molecule has 0 radical (unpaired) electrons. The monoisotopic (exact) mass is 355 g/mol. The minimum Gasteiger partial charge on any atom is -0.363 e. The summed E-state index contributed by atoms with van der Waals surface area (Å²) in [5.41, 5.74) is 2.18. The molecule has 2 heterocycles. The van der Waals surface area contributed by atoms with E-state index in [4.69, 9.17) is 11.6 Å². The molecule has 0 saturated heterocycles. The average Bonchev–Trinajstić information content (AvgIpc) is 3.43. The van der Waals surface area contributed by atoms with Crippen LogP contribution in [-0.2, 0) is 4.79 Å². The van der Waals surface area contributed by atoms with Crippen LogP contribution in [0.2, 0.25) is 5.02 Å². The van der Waals surface area contributed by atoms with Crippen LogP contribution in [0.25, 0.3) is 0 Å². The van der Waals surface area contributed by atoms with Crippen molar-refractivity contribution in [3.8, 4) is 0 Å². The van der Waals surface area contributed by atoms with E-state index in [1.807, 2.05) is 29.2 Å². The standard InChI is InChI=1S/C20H22ClN3O/c1-12-19(23-18-10-9-15(21)11-22-18)16-5-3-4-6-17(16)24(13(2)25)20(12)14-7-8-14/h3-6,9-12,14,19-20H,7-8H2,1-2H3,(H,22,23). The molecule has 1 aliphatic carbocycles. The Morgan fingerprint density at radius 3 is 2.64 bits per heavy atom. The molecule has 1 aromatic heterocycles. The van der Waals surface area contributed by atoms with Gasteiger partial charge in [-0.05, 0) is 42.5 Å². The summed E-state index contributed by atoms with van der Waals surface area (Å²) in [6.07, 6.45) is 4.06. The van der Waals surface area contributed by atoms with Crippen molar-refractivity contribution in [1.82, 2.24) is 4.98 Å². The first-order chi connectivity index (χ1) is 12.1. The van der Waals surface area contributed by atoms with Gasteiger partial charge in [0.1, 0.15) is 5.82 Å². The van der Waals surface area contributed by atoms with E-state index < -0.39 is 0 Å². The van der Waals surface area contributed by atoms with Gasteiger partial charge in [-0.25, -0.2) is 4.98 Å². The molecule has 130 valence electrons. The van der Waals surface area contributed by atoms with Gasteiger partial charge < -0.3 is 10.2 Å². The normalized spacial score (nSPS) is 25.4. The molecule has 3 atom stereocenters. The molecular weight excluding hydrogens is 334 g/mol. The van der Waals surface area contributed by atoms with Gasteiger partial charge in [-0.2, -0.15) is 0 Å². The fraction of sp³-hybridized carbons (Fsp3) is 0.400. The van der Waals surface area contributed by atoms with E-state index in [0.717, 1.165) is 17.1 Å². The third-order valence-electron chi connectivity index (χ3n) is 5.37. The number of amides is 1. The Morgan fingerprint density at radius 2 is 2.00 bits per heavy atom. The van der Waals surface area contributed by atoms with Crippen LogP contribution in [-0.4, -0.2) is 16.9 Å². The molecule has 0 bridgehead atoms. The van der Waals surface area contributed by atoms with Crippen molar-refractivity contribution in [2.75, 3.05) is 10.2 Å². The number of anilines is 2. The van der Waals surface area contributed by atoms with Gasteiger partial charge in [0.2, 0.25) is 5.91 Å². The molecule has 1 aliphatic heterocycles. The number of benzene rings is 1. The molecule has 5 heteroatoms. The molecule has 2 aromatic rings. The molecule has 1 aromatic carbocycles. The lowest BCUT2D eigenvalue weighted by Gasteiger charge is -2.45. The highest BCUT2D eigenvalue weighted by molar-refractivity contribution is 6.30. The average molecular weight is 356 g/mol. The molecular formula is C20H22ClN3O. The molecule has 4 nitrogen and oxygen atoms in total. The van der Waals surface area contributed by atoms with E-state index in [2.05, 4.69) is 29.4 Å². The van der Waals surface area contributed by atoms with Crippen molar-refractivity contribution in [2.24, 2.45) is 11.8 Å². The van der Waals surface area contributed by atoms with E-state index in [1.54, 1.807) is 13.1 Å². The molecule has 2 aliphatic rings. The van der Waals surface area contributed by atoms with Crippen LogP contribution in [0.5, 0.6) is 0 Å². The number of aromatic nitrogens is 1. The SMILES string of the molecule is CC(=O)N1c2ccccc2C(Nc2ccc(Cl)cn2)C(C)C1C1CC1. The van der Waals surface area contributed by atoms with Gasteiger partial charge in [0, 0.05) is 30.8 Å². The van der Waals surface area contributed by atoms with Crippen molar-refractivity contribution >= 4 is 29.0 Å². The first-order valence-electron chi connectivity index (χ1n) is 8.83. The highest BCUT2D eigenvalue weighted by atomic mass is 35.5. The van der Waals surface area contributed by atoms with Gasteiger partial charge in [0.05, 0.1) is 11.1 Å². The molecule has 1 saturated carbocycles. The minimum atomic E-state index is 0.117. The van der Waals surface area contributed by atoms with Gasteiger partial charge in [-0.1, -0.05) is 36.7 Å². The van der Waals surface area contributed by atoms with Crippen LogP contribution in [0.4, 0.5) is 11.5 Å². The second-order valence-corrected chi connectivity index (χ2v) is 7.56. The maximum absolute atomic E-state index is 12.4. The number of carbonyl (C=O) groups is 1. The molecule has 25 heavy (non-hydrogen) atoms. The van der Waals surface area contributed by atoms with E-state index in [9.17, 15) is 4.79 Å². The number of nitrogens with one attached hydrogen (secondary N) is 1. The van der Waals surface area contributed by atoms with Crippen molar-refractivity contribution < 1.29 is 4.79 Å². The van der Waals surface area contributed by atoms with Gasteiger partial charge in [0.25, 0.3) is 0 Å². The van der Waals surface area contributed by atoms with Crippen molar-refractivity contribution in [1.29, 1.82) is 0 Å². The van der Waals surface area contributed by atoms with Crippen LogP contribution in [0.1, 0.15) is 38.3 Å². The lowest BCUT2D eigenvalue weighted by molar-refractivity contribution is -0.117. The van der Waals surface area contributed by atoms with E-state index in [1.165, 1.54) is 12.8 Å². The topological polar surface area (TPSA) is 45.2 Å². The molecule has 0 spiro atoms. The van der Waals surface area contributed by atoms with Gasteiger partial charge in [-0.3, -0.25) is 4.79 Å². The predicted octanol–water partition coefficient (Wildman–Crippen LogP) is 4.67. The van der Waals surface area contributed by atoms with Crippen molar-refractivity contribution in [3.05, 3.63) is 53.2 Å². The number of carbonyl (C=O) groups excluding carboxylic acids is 1. The summed E-state index contributed by atoms with van der Waals surface area (Å²) in [5, 5.41) is 4.20. The van der Waals surface area contributed by atoms with Crippen LogP contribution >= 0.6 is 11.6 Å². The summed E-state index contributed by atoms with van der Waals surface area (Å²) in [5.74, 6) is 1.82. The number of nitrogens with zero attached hydrogens (tertiary/aromatic N) is 2. The van der Waals surface area contributed by atoms with Gasteiger partial charge in [0.15, 0.2) is 0 Å². The molecule has 1 amide bonds. The lowest BCUT2D eigenvalue weighted by Crippen LogP contribution is -2.51. The summed E-state index contributed by atoms with van der Waals surface area (Å²) in [6, 6.07) is 12.3. The number of pyridine rings is 1. The molecule has 1 N–H and O–H groups in total. The van der Waals surface area contributed by atoms with Crippen LogP contribution in [0.15, 0.2) is 42.6 Å². The number of hydrogen-bond acceptors (Lipinski definition) is 3. The van der Waals surface area contributed by atoms with E-state index >= 15 is 0 Å². The fourth-order valence-electron chi connectivity index (χ4n) is 4.13. The second kappa shape index (κ2) is 6.34. The summed E-state index contributed by atoms with van der Waals surface area (Å²) < 4.78 is 0. The molecule has 1 fully saturated rings. The molecule has 4 rings (SSSR count). The van der Waals surface area contributed by atoms with Gasteiger partial charge >= 0.3 is 0 Å². The smallest absolute Gasteiger partial charge is 0.224 e. The van der Waals surface area contributed by atoms with Crippen LogP contribution < -0.4 is 10.2 Å². The second-order valence-electron chi connectivity index (χ2n) is 7.12. The Kier molecular flexibility index (Phi) is 4.16.